The average Bonchev–Trinajstić information content (AvgIpc) is 2.69. The van der Waals surface area contributed by atoms with Gasteiger partial charge in [-0.25, -0.2) is 0 Å². The van der Waals surface area contributed by atoms with E-state index in [9.17, 15) is 9.59 Å². The van der Waals surface area contributed by atoms with Crippen molar-refractivity contribution in [2.24, 2.45) is 0 Å². The van der Waals surface area contributed by atoms with Crippen LogP contribution in [0.5, 0.6) is 0 Å². The van der Waals surface area contributed by atoms with Crippen molar-refractivity contribution in [1.29, 1.82) is 0 Å². The van der Waals surface area contributed by atoms with Gasteiger partial charge in [0.05, 0.1) is 6.04 Å². The molecule has 0 aromatic heterocycles. The Bertz CT molecular complexity index is 482. The highest BCUT2D eigenvalue weighted by Crippen LogP contribution is 2.18. The van der Waals surface area contributed by atoms with Gasteiger partial charge in [-0.1, -0.05) is 44.0 Å². The van der Waals surface area contributed by atoms with Crippen LogP contribution in [0.15, 0.2) is 24.3 Å². The van der Waals surface area contributed by atoms with Crippen molar-refractivity contribution in [2.45, 2.75) is 57.9 Å². The topological polar surface area (TPSA) is 46.2 Å². The summed E-state index contributed by atoms with van der Waals surface area (Å²) in [4.78, 5) is 24.3. The molecule has 1 atom stereocenters. The van der Waals surface area contributed by atoms with Crippen molar-refractivity contribution in [3.05, 3.63) is 35.4 Å². The SMILES string of the molecule is CCCCc1ccccc1C(=O)C1CCCCC(=O)N1. The van der Waals surface area contributed by atoms with Gasteiger partial charge in [-0.05, 0) is 31.2 Å². The summed E-state index contributed by atoms with van der Waals surface area (Å²) in [5, 5.41) is 2.87. The molecule has 1 saturated heterocycles. The fourth-order valence-electron chi connectivity index (χ4n) is 2.70. The summed E-state index contributed by atoms with van der Waals surface area (Å²) in [6.07, 6.45) is 6.25. The van der Waals surface area contributed by atoms with E-state index in [1.54, 1.807) is 0 Å². The normalized spacial score (nSPS) is 19.2. The van der Waals surface area contributed by atoms with E-state index < -0.39 is 0 Å². The van der Waals surface area contributed by atoms with Crippen LogP contribution in [0.1, 0.15) is 61.4 Å². The lowest BCUT2D eigenvalue weighted by atomic mass is 9.94. The molecule has 1 amide bonds. The maximum absolute atomic E-state index is 12.7. The summed E-state index contributed by atoms with van der Waals surface area (Å²) in [6, 6.07) is 7.47. The van der Waals surface area contributed by atoms with Crippen molar-refractivity contribution in [2.75, 3.05) is 0 Å². The van der Waals surface area contributed by atoms with Crippen LogP contribution in [-0.4, -0.2) is 17.7 Å². The fourth-order valence-corrected chi connectivity index (χ4v) is 2.70. The number of rotatable bonds is 5. The fraction of sp³-hybridized carbons (Fsp3) is 0.529. The summed E-state index contributed by atoms with van der Waals surface area (Å²) in [5.74, 6) is 0.0823. The second-order valence-corrected chi connectivity index (χ2v) is 5.49. The minimum Gasteiger partial charge on any atom is -0.346 e. The first-order valence-corrected chi connectivity index (χ1v) is 7.64. The molecule has 0 saturated carbocycles. The largest absolute Gasteiger partial charge is 0.346 e. The number of benzene rings is 1. The molecule has 3 heteroatoms. The second kappa shape index (κ2) is 7.22. The number of carbonyl (C=O) groups is 2. The molecule has 2 rings (SSSR count). The molecule has 0 aliphatic carbocycles. The van der Waals surface area contributed by atoms with E-state index in [-0.39, 0.29) is 17.7 Å². The Morgan fingerprint density at radius 2 is 2.10 bits per heavy atom. The predicted molar refractivity (Wildman–Crippen MR) is 79.8 cm³/mol. The van der Waals surface area contributed by atoms with Crippen LogP contribution in [-0.2, 0) is 11.2 Å². The van der Waals surface area contributed by atoms with Crippen LogP contribution in [0.3, 0.4) is 0 Å². The highest BCUT2D eigenvalue weighted by molar-refractivity contribution is 6.03. The van der Waals surface area contributed by atoms with E-state index >= 15 is 0 Å². The lowest BCUT2D eigenvalue weighted by Gasteiger charge is -2.16. The predicted octanol–water partition coefficient (Wildman–Crippen LogP) is 3.27. The molecule has 1 aliphatic rings. The first kappa shape index (κ1) is 14.8. The molecule has 0 spiro atoms. The molecule has 1 aliphatic heterocycles. The second-order valence-electron chi connectivity index (χ2n) is 5.49. The van der Waals surface area contributed by atoms with E-state index in [4.69, 9.17) is 0 Å². The van der Waals surface area contributed by atoms with E-state index in [1.165, 1.54) is 0 Å². The Hall–Kier alpha value is -1.64. The van der Waals surface area contributed by atoms with Gasteiger partial charge in [-0.15, -0.1) is 0 Å². The van der Waals surface area contributed by atoms with Crippen LogP contribution in [0.25, 0.3) is 0 Å². The number of nitrogens with one attached hydrogen (secondary N) is 1. The molecule has 1 unspecified atom stereocenters. The summed E-state index contributed by atoms with van der Waals surface area (Å²) in [5.41, 5.74) is 1.89. The molecular formula is C17H23NO2. The number of unbranched alkanes of at least 4 members (excludes halogenated alkanes) is 1. The van der Waals surface area contributed by atoms with Crippen molar-refractivity contribution in [3.63, 3.8) is 0 Å². The number of Topliss-reactive ketones (excluding diaryl/α,β-unsaturated/α-hetero) is 1. The number of amides is 1. The van der Waals surface area contributed by atoms with E-state index in [0.717, 1.165) is 49.7 Å². The van der Waals surface area contributed by atoms with Crippen LogP contribution in [0.4, 0.5) is 0 Å². The Balaban J connectivity index is 2.17. The van der Waals surface area contributed by atoms with Gasteiger partial charge >= 0.3 is 0 Å². The number of hydrogen-bond donors (Lipinski definition) is 1. The molecule has 0 radical (unpaired) electrons. The molecule has 1 N–H and O–H groups in total. The van der Waals surface area contributed by atoms with Crippen LogP contribution in [0, 0.1) is 0 Å². The van der Waals surface area contributed by atoms with Crippen LogP contribution < -0.4 is 5.32 Å². The van der Waals surface area contributed by atoms with Gasteiger partial charge in [0.25, 0.3) is 0 Å². The van der Waals surface area contributed by atoms with Gasteiger partial charge in [0, 0.05) is 12.0 Å². The number of ketones is 1. The van der Waals surface area contributed by atoms with E-state index in [1.807, 2.05) is 24.3 Å². The van der Waals surface area contributed by atoms with Crippen molar-refractivity contribution >= 4 is 11.7 Å². The first-order chi connectivity index (χ1) is 9.72. The minimum absolute atomic E-state index is 0.00638. The molecule has 20 heavy (non-hydrogen) atoms. The van der Waals surface area contributed by atoms with Crippen molar-refractivity contribution < 1.29 is 9.59 Å². The highest BCUT2D eigenvalue weighted by Gasteiger charge is 2.25. The summed E-state index contributed by atoms with van der Waals surface area (Å²) >= 11 is 0. The molecule has 0 bridgehead atoms. The maximum Gasteiger partial charge on any atom is 0.220 e. The molecule has 1 heterocycles. The molecule has 1 aromatic rings. The Labute approximate surface area is 120 Å². The Kier molecular flexibility index (Phi) is 5.33. The zero-order valence-corrected chi connectivity index (χ0v) is 12.2. The standard InChI is InChI=1S/C17H23NO2/c1-2-3-8-13-9-4-5-10-14(13)17(20)15-11-6-7-12-16(19)18-15/h4-5,9-10,15H,2-3,6-8,11-12H2,1H3,(H,18,19). The molecule has 3 nitrogen and oxygen atoms in total. The third-order valence-corrected chi connectivity index (χ3v) is 3.88. The zero-order chi connectivity index (χ0) is 14.4. The minimum atomic E-state index is -0.340. The third-order valence-electron chi connectivity index (χ3n) is 3.88. The van der Waals surface area contributed by atoms with Gasteiger partial charge in [0.15, 0.2) is 5.78 Å². The molecular weight excluding hydrogens is 250 g/mol. The number of hydrogen-bond acceptors (Lipinski definition) is 2. The maximum atomic E-state index is 12.7. The molecule has 1 fully saturated rings. The first-order valence-electron chi connectivity index (χ1n) is 7.64. The summed E-state index contributed by atoms with van der Waals surface area (Å²) in [6.45, 7) is 2.15. The van der Waals surface area contributed by atoms with Gasteiger partial charge in [-0.3, -0.25) is 9.59 Å². The van der Waals surface area contributed by atoms with Crippen LogP contribution >= 0.6 is 0 Å². The summed E-state index contributed by atoms with van der Waals surface area (Å²) < 4.78 is 0. The van der Waals surface area contributed by atoms with Crippen LogP contribution in [0.2, 0.25) is 0 Å². The zero-order valence-electron chi connectivity index (χ0n) is 12.2. The van der Waals surface area contributed by atoms with Gasteiger partial charge in [0.2, 0.25) is 5.91 Å². The quantitative estimate of drug-likeness (QED) is 0.837. The smallest absolute Gasteiger partial charge is 0.220 e. The number of aryl methyl sites for hydroxylation is 1. The third kappa shape index (κ3) is 3.69. The average molecular weight is 273 g/mol. The van der Waals surface area contributed by atoms with Crippen molar-refractivity contribution in [3.8, 4) is 0 Å². The van der Waals surface area contributed by atoms with E-state index in [2.05, 4.69) is 12.2 Å². The van der Waals surface area contributed by atoms with Crippen molar-refractivity contribution in [1.82, 2.24) is 5.32 Å². The monoisotopic (exact) mass is 273 g/mol. The van der Waals surface area contributed by atoms with Gasteiger partial charge in [-0.2, -0.15) is 0 Å². The highest BCUT2D eigenvalue weighted by atomic mass is 16.2. The van der Waals surface area contributed by atoms with Gasteiger partial charge in [0.1, 0.15) is 0 Å². The van der Waals surface area contributed by atoms with E-state index in [0.29, 0.717) is 6.42 Å². The van der Waals surface area contributed by atoms with Gasteiger partial charge < -0.3 is 5.32 Å². The number of carbonyl (C=O) groups excluding carboxylic acids is 2. The Morgan fingerprint density at radius 1 is 1.30 bits per heavy atom. The summed E-state index contributed by atoms with van der Waals surface area (Å²) in [7, 11) is 0. The lowest BCUT2D eigenvalue weighted by Crippen LogP contribution is -2.39. The molecule has 1 aromatic carbocycles. The lowest BCUT2D eigenvalue weighted by molar-refractivity contribution is -0.121. The Morgan fingerprint density at radius 3 is 2.90 bits per heavy atom. The molecule has 108 valence electrons.